The molecule has 0 aliphatic heterocycles. The van der Waals surface area contributed by atoms with E-state index in [0.29, 0.717) is 5.39 Å². The second kappa shape index (κ2) is 8.86. The molecule has 160 valence electrons. The van der Waals surface area contributed by atoms with E-state index in [4.69, 9.17) is 4.74 Å². The number of esters is 1. The molecule has 0 amide bonds. The summed E-state index contributed by atoms with van der Waals surface area (Å²) < 4.78 is 59.1. The van der Waals surface area contributed by atoms with E-state index in [1.54, 1.807) is 24.3 Å². The lowest BCUT2D eigenvalue weighted by atomic mass is 10.0. The molecule has 31 heavy (non-hydrogen) atoms. The van der Waals surface area contributed by atoms with E-state index in [1.165, 1.54) is 19.1 Å². The standard InChI is InChI=1S/C22H15F4NO4/c1-2-31-22(30)14(21(29)13-9-15(23)19(25)20(26)18(13)24)10-27-16-7-11-5-3-4-6-12(11)8-17(16)28/h3-10,27-28H,2H2,1H3. The summed E-state index contributed by atoms with van der Waals surface area (Å²) in [6.45, 7) is 1.29. The third-order valence-corrected chi connectivity index (χ3v) is 4.32. The molecule has 0 aromatic heterocycles. The van der Waals surface area contributed by atoms with Crippen molar-refractivity contribution in [1.82, 2.24) is 0 Å². The normalized spacial score (nSPS) is 11.5. The summed E-state index contributed by atoms with van der Waals surface area (Å²) in [4.78, 5) is 24.9. The predicted molar refractivity (Wildman–Crippen MR) is 105 cm³/mol. The van der Waals surface area contributed by atoms with Crippen molar-refractivity contribution in [3.63, 3.8) is 0 Å². The summed E-state index contributed by atoms with van der Waals surface area (Å²) in [5, 5.41) is 14.1. The van der Waals surface area contributed by atoms with Gasteiger partial charge in [-0.15, -0.1) is 0 Å². The first-order valence-electron chi connectivity index (χ1n) is 8.97. The van der Waals surface area contributed by atoms with Crippen LogP contribution in [0, 0.1) is 23.3 Å². The van der Waals surface area contributed by atoms with Crippen LogP contribution in [0.3, 0.4) is 0 Å². The van der Waals surface area contributed by atoms with Crippen molar-refractivity contribution in [2.75, 3.05) is 11.9 Å². The Labute approximate surface area is 173 Å². The molecule has 0 radical (unpaired) electrons. The molecule has 0 saturated carbocycles. The van der Waals surface area contributed by atoms with Crippen LogP contribution < -0.4 is 5.32 Å². The number of nitrogens with one attached hydrogen (secondary N) is 1. The molecule has 0 unspecified atom stereocenters. The molecule has 0 fully saturated rings. The first-order valence-corrected chi connectivity index (χ1v) is 8.97. The van der Waals surface area contributed by atoms with Gasteiger partial charge < -0.3 is 15.2 Å². The molecule has 0 bridgehead atoms. The summed E-state index contributed by atoms with van der Waals surface area (Å²) >= 11 is 0. The number of carbonyl (C=O) groups is 2. The van der Waals surface area contributed by atoms with E-state index in [2.05, 4.69) is 5.32 Å². The maximum Gasteiger partial charge on any atom is 0.343 e. The second-order valence-corrected chi connectivity index (χ2v) is 6.32. The molecule has 0 atom stereocenters. The van der Waals surface area contributed by atoms with Crippen LogP contribution in [-0.4, -0.2) is 23.5 Å². The predicted octanol–water partition coefficient (Wildman–Crippen LogP) is 4.84. The molecular formula is C22H15F4NO4. The van der Waals surface area contributed by atoms with Crippen LogP contribution in [0.5, 0.6) is 5.75 Å². The number of carbonyl (C=O) groups excluding carboxylic acids is 2. The Hall–Kier alpha value is -3.88. The summed E-state index contributed by atoms with van der Waals surface area (Å²) in [6, 6.07) is 10.1. The van der Waals surface area contributed by atoms with Gasteiger partial charge in [-0.3, -0.25) is 4.79 Å². The van der Waals surface area contributed by atoms with Crippen molar-refractivity contribution in [3.8, 4) is 5.75 Å². The number of hydrogen-bond donors (Lipinski definition) is 2. The van der Waals surface area contributed by atoms with E-state index >= 15 is 0 Å². The minimum absolute atomic E-state index is 0.0882. The van der Waals surface area contributed by atoms with Crippen molar-refractivity contribution in [1.29, 1.82) is 0 Å². The molecule has 3 aromatic rings. The van der Waals surface area contributed by atoms with Crippen LogP contribution in [-0.2, 0) is 9.53 Å². The number of halogens is 4. The van der Waals surface area contributed by atoms with Crippen LogP contribution in [0.15, 0.2) is 54.2 Å². The number of rotatable bonds is 6. The molecule has 0 heterocycles. The summed E-state index contributed by atoms with van der Waals surface area (Å²) in [7, 11) is 0. The van der Waals surface area contributed by atoms with Gasteiger partial charge >= 0.3 is 5.97 Å². The quantitative estimate of drug-likeness (QED) is 0.0670. The number of phenols is 1. The first kappa shape index (κ1) is 21.8. The molecule has 0 saturated heterocycles. The van der Waals surface area contributed by atoms with E-state index in [1.807, 2.05) is 0 Å². The lowest BCUT2D eigenvalue weighted by Gasteiger charge is -2.11. The third-order valence-electron chi connectivity index (χ3n) is 4.32. The van der Waals surface area contributed by atoms with Gasteiger partial charge in [0, 0.05) is 6.20 Å². The van der Waals surface area contributed by atoms with Gasteiger partial charge in [0.15, 0.2) is 23.3 Å². The average molecular weight is 433 g/mol. The highest BCUT2D eigenvalue weighted by atomic mass is 19.2. The SMILES string of the molecule is CCOC(=O)C(=CNc1cc2ccccc2cc1O)C(=O)c1cc(F)c(F)c(F)c1F. The topological polar surface area (TPSA) is 75.6 Å². The van der Waals surface area contributed by atoms with Crippen LogP contribution in [0.2, 0.25) is 0 Å². The lowest BCUT2D eigenvalue weighted by Crippen LogP contribution is -2.19. The molecule has 3 rings (SSSR count). The molecule has 3 aromatic carbocycles. The maximum absolute atomic E-state index is 14.1. The Morgan fingerprint density at radius 2 is 1.65 bits per heavy atom. The van der Waals surface area contributed by atoms with Gasteiger partial charge in [-0.1, -0.05) is 24.3 Å². The number of Topliss-reactive ketones (excluding diaryl/α,β-unsaturated/α-hetero) is 1. The van der Waals surface area contributed by atoms with Crippen molar-refractivity contribution in [2.45, 2.75) is 6.92 Å². The largest absolute Gasteiger partial charge is 0.506 e. The fourth-order valence-electron chi connectivity index (χ4n) is 2.80. The monoisotopic (exact) mass is 433 g/mol. The van der Waals surface area contributed by atoms with Gasteiger partial charge in [-0.25, -0.2) is 22.4 Å². The number of ketones is 1. The zero-order valence-electron chi connectivity index (χ0n) is 16.0. The van der Waals surface area contributed by atoms with Gasteiger partial charge in [-0.05, 0) is 35.9 Å². The van der Waals surface area contributed by atoms with Crippen LogP contribution >= 0.6 is 0 Å². The molecular weight excluding hydrogens is 418 g/mol. The minimum atomic E-state index is -2.19. The van der Waals surface area contributed by atoms with Crippen LogP contribution in [0.4, 0.5) is 23.2 Å². The Morgan fingerprint density at radius 3 is 2.29 bits per heavy atom. The average Bonchev–Trinajstić information content (AvgIpc) is 2.75. The number of fused-ring (bicyclic) bond motifs is 1. The van der Waals surface area contributed by atoms with Crippen LogP contribution in [0.1, 0.15) is 17.3 Å². The number of hydrogen-bond acceptors (Lipinski definition) is 5. The molecule has 2 N–H and O–H groups in total. The van der Waals surface area contributed by atoms with E-state index in [9.17, 15) is 32.3 Å². The van der Waals surface area contributed by atoms with Crippen LogP contribution in [0.25, 0.3) is 10.8 Å². The van der Waals surface area contributed by atoms with Gasteiger partial charge in [-0.2, -0.15) is 0 Å². The molecule has 9 heteroatoms. The molecule has 0 aliphatic rings. The smallest absolute Gasteiger partial charge is 0.343 e. The minimum Gasteiger partial charge on any atom is -0.506 e. The van der Waals surface area contributed by atoms with Gasteiger partial charge in [0.1, 0.15) is 11.3 Å². The molecule has 0 spiro atoms. The highest BCUT2D eigenvalue weighted by Gasteiger charge is 2.28. The fourth-order valence-corrected chi connectivity index (χ4v) is 2.80. The highest BCUT2D eigenvalue weighted by molar-refractivity contribution is 6.24. The van der Waals surface area contributed by atoms with Crippen molar-refractivity contribution in [2.24, 2.45) is 0 Å². The Morgan fingerprint density at radius 1 is 1.00 bits per heavy atom. The Balaban J connectivity index is 2.04. The van der Waals surface area contributed by atoms with E-state index in [0.717, 1.165) is 11.6 Å². The zero-order valence-corrected chi connectivity index (χ0v) is 16.0. The van der Waals surface area contributed by atoms with Crippen molar-refractivity contribution >= 4 is 28.2 Å². The van der Waals surface area contributed by atoms with Crippen molar-refractivity contribution < 1.29 is 37.0 Å². The lowest BCUT2D eigenvalue weighted by molar-refractivity contribution is -0.138. The summed E-state index contributed by atoms with van der Waals surface area (Å²) in [5.41, 5.74) is -1.93. The first-order chi connectivity index (χ1) is 14.7. The Kier molecular flexibility index (Phi) is 6.24. The van der Waals surface area contributed by atoms with Gasteiger partial charge in [0.2, 0.25) is 5.78 Å². The molecule has 5 nitrogen and oxygen atoms in total. The summed E-state index contributed by atoms with van der Waals surface area (Å²) in [6.07, 6.45) is 0.808. The number of benzene rings is 3. The van der Waals surface area contributed by atoms with E-state index < -0.39 is 46.2 Å². The summed E-state index contributed by atoms with van der Waals surface area (Å²) in [5.74, 6) is -10.9. The van der Waals surface area contributed by atoms with Gasteiger partial charge in [0.05, 0.1) is 17.9 Å². The number of anilines is 1. The fraction of sp³-hybridized carbons (Fsp3) is 0.0909. The molecule has 0 aliphatic carbocycles. The van der Waals surface area contributed by atoms with Gasteiger partial charge in [0.25, 0.3) is 0 Å². The Bertz CT molecular complexity index is 1220. The number of ether oxygens (including phenoxy) is 1. The number of phenolic OH excluding ortho intramolecular Hbond substituents is 1. The highest BCUT2D eigenvalue weighted by Crippen LogP contribution is 2.30. The number of aromatic hydroxyl groups is 1. The second-order valence-electron chi connectivity index (χ2n) is 6.32. The zero-order chi connectivity index (χ0) is 22.7. The third kappa shape index (κ3) is 4.35. The van der Waals surface area contributed by atoms with E-state index in [-0.39, 0.29) is 24.1 Å². The maximum atomic E-state index is 14.1. The van der Waals surface area contributed by atoms with Crippen molar-refractivity contribution in [3.05, 3.63) is 83.1 Å².